The summed E-state index contributed by atoms with van der Waals surface area (Å²) in [6.45, 7) is 0. The van der Waals surface area contributed by atoms with Crippen LogP contribution in [0.2, 0.25) is 0 Å². The molecular formula is C14H17NO5S. The van der Waals surface area contributed by atoms with Crippen molar-refractivity contribution in [2.24, 2.45) is 0 Å². The Morgan fingerprint density at radius 1 is 1.38 bits per heavy atom. The number of carbonyl (C=O) groups is 3. The zero-order valence-electron chi connectivity index (χ0n) is 11.7. The first-order chi connectivity index (χ1) is 10.0. The fourth-order valence-electron chi connectivity index (χ4n) is 2.37. The second-order valence-corrected chi connectivity index (χ2v) is 5.87. The van der Waals surface area contributed by atoms with E-state index in [1.54, 1.807) is 5.38 Å². The standard InChI is InChI=1S/C14H17NO5S/c1-20-12(16)6-10(14(18)19)15-13(17)9-7-21-11-5-3-2-4-8(9)11/h7,10H,2-6H2,1H3,(H,15,17)(H,18,19)/t10-/m0/s1. The van der Waals surface area contributed by atoms with Crippen LogP contribution in [0.4, 0.5) is 0 Å². The Morgan fingerprint density at radius 2 is 2.10 bits per heavy atom. The Morgan fingerprint density at radius 3 is 2.76 bits per heavy atom. The maximum atomic E-state index is 12.2. The molecule has 6 nitrogen and oxygen atoms in total. The van der Waals surface area contributed by atoms with Gasteiger partial charge in [-0.25, -0.2) is 4.79 Å². The van der Waals surface area contributed by atoms with E-state index in [1.807, 2.05) is 0 Å². The van der Waals surface area contributed by atoms with E-state index >= 15 is 0 Å². The number of carboxylic acids is 1. The van der Waals surface area contributed by atoms with Gasteiger partial charge in [0.1, 0.15) is 6.04 Å². The summed E-state index contributed by atoms with van der Waals surface area (Å²) in [6, 6.07) is -1.27. The molecule has 1 aromatic rings. The second-order valence-electron chi connectivity index (χ2n) is 4.90. The Labute approximate surface area is 126 Å². The van der Waals surface area contributed by atoms with E-state index in [2.05, 4.69) is 10.1 Å². The van der Waals surface area contributed by atoms with Crippen molar-refractivity contribution < 1.29 is 24.2 Å². The number of rotatable bonds is 5. The number of hydrogen-bond acceptors (Lipinski definition) is 5. The highest BCUT2D eigenvalue weighted by Gasteiger charge is 2.27. The third kappa shape index (κ3) is 3.60. The number of esters is 1. The molecule has 2 rings (SSSR count). The van der Waals surface area contributed by atoms with E-state index in [0.717, 1.165) is 31.2 Å². The summed E-state index contributed by atoms with van der Waals surface area (Å²) in [4.78, 5) is 35.8. The molecule has 0 aliphatic heterocycles. The van der Waals surface area contributed by atoms with Crippen molar-refractivity contribution >= 4 is 29.2 Å². The molecule has 1 heterocycles. The van der Waals surface area contributed by atoms with E-state index in [4.69, 9.17) is 5.11 Å². The number of carboxylic acid groups (broad SMARTS) is 1. The zero-order valence-corrected chi connectivity index (χ0v) is 12.5. The average molecular weight is 311 g/mol. The van der Waals surface area contributed by atoms with Gasteiger partial charge in [0, 0.05) is 10.3 Å². The van der Waals surface area contributed by atoms with Crippen LogP contribution in [0.25, 0.3) is 0 Å². The van der Waals surface area contributed by atoms with Crippen molar-refractivity contribution in [3.8, 4) is 0 Å². The van der Waals surface area contributed by atoms with E-state index in [0.29, 0.717) is 5.56 Å². The van der Waals surface area contributed by atoms with Gasteiger partial charge in [0.2, 0.25) is 0 Å². The fraction of sp³-hybridized carbons (Fsp3) is 0.500. The van der Waals surface area contributed by atoms with Crippen LogP contribution in [0.1, 0.15) is 40.1 Å². The molecule has 0 saturated heterocycles. The Bertz CT molecular complexity index is 566. The number of methoxy groups -OCH3 is 1. The molecule has 1 aliphatic carbocycles. The predicted molar refractivity (Wildman–Crippen MR) is 76.5 cm³/mol. The molecule has 1 amide bonds. The molecule has 1 aromatic heterocycles. The number of amides is 1. The molecule has 7 heteroatoms. The molecule has 1 atom stereocenters. The molecule has 0 aromatic carbocycles. The quantitative estimate of drug-likeness (QED) is 0.801. The van der Waals surface area contributed by atoms with Crippen LogP contribution in [-0.2, 0) is 27.2 Å². The van der Waals surface area contributed by atoms with Gasteiger partial charge in [-0.3, -0.25) is 9.59 Å². The summed E-state index contributed by atoms with van der Waals surface area (Å²) < 4.78 is 4.44. The fourth-order valence-corrected chi connectivity index (χ4v) is 3.50. The predicted octanol–water partition coefficient (Wildman–Crippen LogP) is 1.37. The molecule has 0 fully saturated rings. The van der Waals surface area contributed by atoms with Gasteiger partial charge < -0.3 is 15.2 Å². The van der Waals surface area contributed by atoms with Gasteiger partial charge >= 0.3 is 11.9 Å². The van der Waals surface area contributed by atoms with Gasteiger partial charge in [0.15, 0.2) is 0 Å². The molecule has 0 saturated carbocycles. The van der Waals surface area contributed by atoms with Crippen LogP contribution in [-0.4, -0.2) is 36.1 Å². The van der Waals surface area contributed by atoms with Gasteiger partial charge in [0.05, 0.1) is 19.1 Å². The van der Waals surface area contributed by atoms with Crippen LogP contribution in [0, 0.1) is 0 Å². The first-order valence-electron chi connectivity index (χ1n) is 6.72. The molecule has 0 radical (unpaired) electrons. The summed E-state index contributed by atoms with van der Waals surface area (Å²) >= 11 is 1.53. The lowest BCUT2D eigenvalue weighted by Gasteiger charge is -2.15. The second kappa shape index (κ2) is 6.71. The number of fused-ring (bicyclic) bond motifs is 1. The first kappa shape index (κ1) is 15.5. The summed E-state index contributed by atoms with van der Waals surface area (Å²) in [5.74, 6) is -2.36. The van der Waals surface area contributed by atoms with E-state index < -0.39 is 23.9 Å². The van der Waals surface area contributed by atoms with Crippen molar-refractivity contribution in [1.29, 1.82) is 0 Å². The van der Waals surface area contributed by atoms with Crippen LogP contribution in [0.5, 0.6) is 0 Å². The number of thiophene rings is 1. The van der Waals surface area contributed by atoms with Crippen LogP contribution < -0.4 is 5.32 Å². The van der Waals surface area contributed by atoms with Gasteiger partial charge in [-0.05, 0) is 31.2 Å². The summed E-state index contributed by atoms with van der Waals surface area (Å²) in [5.41, 5.74) is 1.55. The maximum absolute atomic E-state index is 12.2. The SMILES string of the molecule is COC(=O)C[C@H](NC(=O)c1csc2c1CCCC2)C(=O)O. The number of carbonyl (C=O) groups excluding carboxylic acids is 2. The molecular weight excluding hydrogens is 294 g/mol. The molecule has 0 spiro atoms. The highest BCUT2D eigenvalue weighted by Crippen LogP contribution is 2.30. The van der Waals surface area contributed by atoms with Crippen LogP contribution >= 0.6 is 11.3 Å². The maximum Gasteiger partial charge on any atom is 0.326 e. The summed E-state index contributed by atoms with van der Waals surface area (Å²) in [7, 11) is 1.18. The summed E-state index contributed by atoms with van der Waals surface area (Å²) in [6.07, 6.45) is 3.58. The highest BCUT2D eigenvalue weighted by molar-refractivity contribution is 7.10. The number of ether oxygens (including phenoxy) is 1. The Balaban J connectivity index is 2.10. The van der Waals surface area contributed by atoms with Gasteiger partial charge in [-0.1, -0.05) is 0 Å². The van der Waals surface area contributed by atoms with Crippen molar-refractivity contribution in [3.05, 3.63) is 21.4 Å². The third-order valence-electron chi connectivity index (χ3n) is 3.51. The first-order valence-corrected chi connectivity index (χ1v) is 7.60. The van der Waals surface area contributed by atoms with Crippen molar-refractivity contribution in [2.45, 2.75) is 38.1 Å². The molecule has 0 unspecified atom stereocenters. The van der Waals surface area contributed by atoms with Crippen LogP contribution in [0.3, 0.4) is 0 Å². The van der Waals surface area contributed by atoms with Gasteiger partial charge in [0.25, 0.3) is 5.91 Å². The molecule has 21 heavy (non-hydrogen) atoms. The van der Waals surface area contributed by atoms with E-state index in [-0.39, 0.29) is 6.42 Å². The minimum atomic E-state index is -1.27. The summed E-state index contributed by atoms with van der Waals surface area (Å²) in [5, 5.41) is 13.3. The van der Waals surface area contributed by atoms with E-state index in [9.17, 15) is 14.4 Å². The normalized spacial score (nSPS) is 14.9. The molecule has 114 valence electrons. The molecule has 1 aliphatic rings. The monoisotopic (exact) mass is 311 g/mol. The number of nitrogens with one attached hydrogen (secondary N) is 1. The largest absolute Gasteiger partial charge is 0.480 e. The minimum Gasteiger partial charge on any atom is -0.480 e. The lowest BCUT2D eigenvalue weighted by molar-refractivity contribution is -0.147. The molecule has 0 bridgehead atoms. The lowest BCUT2D eigenvalue weighted by atomic mass is 9.95. The number of aryl methyl sites for hydroxylation is 1. The van der Waals surface area contributed by atoms with E-state index in [1.165, 1.54) is 23.3 Å². The Hall–Kier alpha value is -1.89. The topological polar surface area (TPSA) is 92.7 Å². The van der Waals surface area contributed by atoms with Crippen molar-refractivity contribution in [2.75, 3.05) is 7.11 Å². The zero-order chi connectivity index (χ0) is 15.4. The third-order valence-corrected chi connectivity index (χ3v) is 4.60. The molecule has 2 N–H and O–H groups in total. The highest BCUT2D eigenvalue weighted by atomic mass is 32.1. The smallest absolute Gasteiger partial charge is 0.326 e. The van der Waals surface area contributed by atoms with Gasteiger partial charge in [-0.2, -0.15) is 0 Å². The average Bonchev–Trinajstić information content (AvgIpc) is 2.90. The number of aliphatic carboxylic acids is 1. The Kier molecular flexibility index (Phi) is 4.95. The lowest BCUT2D eigenvalue weighted by Crippen LogP contribution is -2.42. The van der Waals surface area contributed by atoms with Crippen LogP contribution in [0.15, 0.2) is 5.38 Å². The number of hydrogen-bond donors (Lipinski definition) is 2. The van der Waals surface area contributed by atoms with Gasteiger partial charge in [-0.15, -0.1) is 11.3 Å². The minimum absolute atomic E-state index is 0.385. The van der Waals surface area contributed by atoms with Crippen molar-refractivity contribution in [1.82, 2.24) is 5.32 Å². The van der Waals surface area contributed by atoms with Crippen molar-refractivity contribution in [3.63, 3.8) is 0 Å².